The van der Waals surface area contributed by atoms with Gasteiger partial charge in [-0.15, -0.1) is 11.3 Å². The lowest BCUT2D eigenvalue weighted by Gasteiger charge is -2.06. The topological polar surface area (TPSA) is 59.1 Å². The van der Waals surface area contributed by atoms with Crippen LogP contribution >= 0.6 is 22.9 Å². The first-order valence-corrected chi connectivity index (χ1v) is 11.2. The summed E-state index contributed by atoms with van der Waals surface area (Å²) in [6.07, 6.45) is 2.18. The number of halogens is 1. The number of hydrogen-bond acceptors (Lipinski definition) is 4. The minimum atomic E-state index is -0.201. The fourth-order valence-electron chi connectivity index (χ4n) is 3.30. The van der Waals surface area contributed by atoms with Crippen LogP contribution in [0.4, 0.5) is 5.13 Å². The Morgan fingerprint density at radius 1 is 1.07 bits per heavy atom. The number of Topliss-reactive ketones (excluding diaryl/α,β-unsaturated/α-hetero) is 1. The van der Waals surface area contributed by atoms with E-state index >= 15 is 0 Å². The molecule has 1 aromatic heterocycles. The maximum atomic E-state index is 12.5. The van der Waals surface area contributed by atoms with Gasteiger partial charge >= 0.3 is 0 Å². The van der Waals surface area contributed by atoms with Crippen LogP contribution in [0.2, 0.25) is 5.02 Å². The lowest BCUT2D eigenvalue weighted by Crippen LogP contribution is -2.13. The van der Waals surface area contributed by atoms with E-state index in [1.54, 1.807) is 0 Å². The predicted molar refractivity (Wildman–Crippen MR) is 125 cm³/mol. The second-order valence-corrected chi connectivity index (χ2v) is 8.86. The van der Waals surface area contributed by atoms with Crippen molar-refractivity contribution in [1.29, 1.82) is 0 Å². The summed E-state index contributed by atoms with van der Waals surface area (Å²) in [6.45, 7) is 6.03. The number of nitrogens with zero attached hydrogens (tertiary/aromatic N) is 1. The lowest BCUT2D eigenvalue weighted by molar-refractivity contribution is -0.116. The van der Waals surface area contributed by atoms with Crippen molar-refractivity contribution >= 4 is 39.8 Å². The molecule has 0 atom stereocenters. The highest BCUT2D eigenvalue weighted by molar-refractivity contribution is 7.16. The van der Waals surface area contributed by atoms with Gasteiger partial charge in [0.25, 0.3) is 0 Å². The van der Waals surface area contributed by atoms with Crippen LogP contribution in [0.5, 0.6) is 0 Å². The molecule has 3 aromatic rings. The Balaban J connectivity index is 1.66. The third kappa shape index (κ3) is 5.55. The van der Waals surface area contributed by atoms with Crippen molar-refractivity contribution in [3.63, 3.8) is 0 Å². The summed E-state index contributed by atoms with van der Waals surface area (Å²) in [4.78, 5) is 30.7. The molecule has 4 nitrogen and oxygen atoms in total. The van der Waals surface area contributed by atoms with E-state index in [4.69, 9.17) is 11.6 Å². The zero-order chi connectivity index (χ0) is 21.7. The highest BCUT2D eigenvalue weighted by Crippen LogP contribution is 2.33. The molecule has 1 heterocycles. The monoisotopic (exact) mass is 440 g/mol. The molecule has 0 aliphatic heterocycles. The van der Waals surface area contributed by atoms with Gasteiger partial charge in [-0.2, -0.15) is 0 Å². The van der Waals surface area contributed by atoms with Crippen molar-refractivity contribution in [2.24, 2.45) is 0 Å². The zero-order valence-corrected chi connectivity index (χ0v) is 19.0. The van der Waals surface area contributed by atoms with Crippen molar-refractivity contribution < 1.29 is 9.59 Å². The van der Waals surface area contributed by atoms with E-state index in [-0.39, 0.29) is 24.5 Å². The Hall–Kier alpha value is -2.50. The Bertz CT molecular complexity index is 1060. The van der Waals surface area contributed by atoms with Crippen LogP contribution in [0.15, 0.2) is 42.5 Å². The van der Waals surface area contributed by atoms with Crippen molar-refractivity contribution in [3.8, 4) is 11.3 Å². The van der Waals surface area contributed by atoms with Crippen LogP contribution in [0.1, 0.15) is 52.5 Å². The molecule has 30 heavy (non-hydrogen) atoms. The largest absolute Gasteiger partial charge is 0.302 e. The molecule has 0 unspecified atom stereocenters. The first-order chi connectivity index (χ1) is 14.4. The van der Waals surface area contributed by atoms with E-state index in [1.165, 1.54) is 11.3 Å². The Labute approximate surface area is 186 Å². The number of ketones is 1. The normalized spacial score (nSPS) is 10.8. The van der Waals surface area contributed by atoms with E-state index in [0.29, 0.717) is 15.7 Å². The fourth-order valence-corrected chi connectivity index (χ4v) is 4.53. The van der Waals surface area contributed by atoms with Crippen LogP contribution in [0.3, 0.4) is 0 Å². The molecule has 156 valence electrons. The van der Waals surface area contributed by atoms with Gasteiger partial charge in [-0.1, -0.05) is 60.8 Å². The maximum absolute atomic E-state index is 12.5. The van der Waals surface area contributed by atoms with Gasteiger partial charge in [-0.05, 0) is 38.0 Å². The number of aryl methyl sites for hydroxylation is 3. The number of carbonyl (C=O) groups excluding carboxylic acids is 2. The van der Waals surface area contributed by atoms with Crippen LogP contribution in [-0.2, 0) is 11.2 Å². The molecule has 2 aromatic carbocycles. The quantitative estimate of drug-likeness (QED) is 0.399. The molecule has 0 saturated carbocycles. The van der Waals surface area contributed by atoms with Gasteiger partial charge in [0.2, 0.25) is 5.91 Å². The van der Waals surface area contributed by atoms with Crippen molar-refractivity contribution in [2.75, 3.05) is 5.32 Å². The number of thiazole rings is 1. The molecule has 0 spiro atoms. The highest BCUT2D eigenvalue weighted by Gasteiger charge is 2.16. The van der Waals surface area contributed by atoms with Gasteiger partial charge in [-0.3, -0.25) is 9.59 Å². The van der Waals surface area contributed by atoms with Crippen LogP contribution in [0, 0.1) is 13.8 Å². The molecule has 0 saturated heterocycles. The van der Waals surface area contributed by atoms with Gasteiger partial charge in [0, 0.05) is 33.9 Å². The van der Waals surface area contributed by atoms with Crippen LogP contribution < -0.4 is 5.32 Å². The van der Waals surface area contributed by atoms with Gasteiger partial charge in [0.1, 0.15) is 0 Å². The zero-order valence-electron chi connectivity index (χ0n) is 17.4. The summed E-state index contributed by atoms with van der Waals surface area (Å²) in [5, 5.41) is 4.10. The smallest absolute Gasteiger partial charge is 0.226 e. The Morgan fingerprint density at radius 3 is 2.47 bits per heavy atom. The molecule has 0 fully saturated rings. The second kappa shape index (κ2) is 10.0. The summed E-state index contributed by atoms with van der Waals surface area (Å²) in [6, 6.07) is 13.3. The molecule has 0 aliphatic carbocycles. The summed E-state index contributed by atoms with van der Waals surface area (Å²) in [5.41, 5.74) is 4.59. The van der Waals surface area contributed by atoms with Crippen LogP contribution in [0.25, 0.3) is 11.3 Å². The number of nitrogens with one attached hydrogen (secondary N) is 1. The molecule has 0 radical (unpaired) electrons. The van der Waals surface area contributed by atoms with Crippen molar-refractivity contribution in [1.82, 2.24) is 4.98 Å². The average Bonchev–Trinajstić information content (AvgIpc) is 3.09. The molecular weight excluding hydrogens is 416 g/mol. The van der Waals surface area contributed by atoms with Crippen LogP contribution in [-0.4, -0.2) is 16.7 Å². The number of aromatic nitrogens is 1. The summed E-state index contributed by atoms with van der Waals surface area (Å²) in [7, 11) is 0. The molecule has 1 N–H and O–H groups in total. The summed E-state index contributed by atoms with van der Waals surface area (Å²) < 4.78 is 0. The third-order valence-corrected chi connectivity index (χ3v) is 6.08. The molecule has 6 heteroatoms. The average molecular weight is 441 g/mol. The second-order valence-electron chi connectivity index (χ2n) is 7.34. The first-order valence-electron chi connectivity index (χ1n) is 10.0. The maximum Gasteiger partial charge on any atom is 0.226 e. The van der Waals surface area contributed by atoms with Gasteiger partial charge in [-0.25, -0.2) is 4.98 Å². The number of rotatable bonds is 8. The molecular formula is C24H25ClN2O2S. The molecule has 0 aliphatic rings. The first kappa shape index (κ1) is 22.2. The molecule has 1 amide bonds. The van der Waals surface area contributed by atoms with E-state index in [9.17, 15) is 9.59 Å². The minimum Gasteiger partial charge on any atom is -0.302 e. The SMILES string of the molecule is CCCc1sc(NC(=O)CCC(=O)c2ccc(C)cc2C)nc1-c1ccc(Cl)cc1. The van der Waals surface area contributed by atoms with Gasteiger partial charge in [0.15, 0.2) is 10.9 Å². The highest BCUT2D eigenvalue weighted by atomic mass is 35.5. The summed E-state index contributed by atoms with van der Waals surface area (Å²) >= 11 is 7.48. The lowest BCUT2D eigenvalue weighted by atomic mass is 9.99. The van der Waals surface area contributed by atoms with E-state index in [0.717, 1.165) is 40.1 Å². The number of anilines is 1. The van der Waals surface area contributed by atoms with Gasteiger partial charge in [0.05, 0.1) is 5.69 Å². The fraction of sp³-hybridized carbons (Fsp3) is 0.292. The van der Waals surface area contributed by atoms with E-state index in [2.05, 4.69) is 17.2 Å². The van der Waals surface area contributed by atoms with E-state index in [1.807, 2.05) is 56.3 Å². The number of hydrogen-bond donors (Lipinski definition) is 1. The number of carbonyl (C=O) groups is 2. The number of amides is 1. The Morgan fingerprint density at radius 2 is 1.80 bits per heavy atom. The molecule has 3 rings (SSSR count). The standard InChI is InChI=1S/C24H25ClN2O2S/c1-4-5-21-23(17-7-9-18(25)10-8-17)27-24(30-21)26-22(29)13-12-20(28)19-11-6-15(2)14-16(19)3/h6-11,14H,4-5,12-13H2,1-3H3,(H,26,27,29). The Kier molecular flexibility index (Phi) is 7.40. The molecule has 0 bridgehead atoms. The number of benzene rings is 2. The van der Waals surface area contributed by atoms with Crippen molar-refractivity contribution in [2.45, 2.75) is 46.5 Å². The van der Waals surface area contributed by atoms with Crippen molar-refractivity contribution in [3.05, 3.63) is 69.1 Å². The third-order valence-electron chi connectivity index (χ3n) is 4.80. The van der Waals surface area contributed by atoms with E-state index < -0.39 is 0 Å². The van der Waals surface area contributed by atoms with Gasteiger partial charge < -0.3 is 5.32 Å². The summed E-state index contributed by atoms with van der Waals surface area (Å²) in [5.74, 6) is -0.220. The predicted octanol–water partition coefficient (Wildman–Crippen LogP) is 6.63. The minimum absolute atomic E-state index is 0.0182.